The van der Waals surface area contributed by atoms with E-state index in [1.54, 1.807) is 0 Å². The first kappa shape index (κ1) is 49.5. The second-order valence-corrected chi connectivity index (χ2v) is 15.6. The van der Waals surface area contributed by atoms with E-state index in [4.69, 9.17) is 13.8 Å². The van der Waals surface area contributed by atoms with Crippen molar-refractivity contribution in [3.05, 3.63) is 0 Å². The maximum Gasteiger partial charge on any atom is 0.472 e. The highest BCUT2D eigenvalue weighted by Crippen LogP contribution is 2.43. The molecule has 0 saturated carbocycles. The second-order valence-electron chi connectivity index (χ2n) is 14.2. The summed E-state index contributed by atoms with van der Waals surface area (Å²) in [5.41, 5.74) is 0. The fourth-order valence-corrected chi connectivity index (χ4v) is 6.68. The Hall–Kier alpha value is -1.52. The average Bonchev–Trinajstić information content (AvgIpc) is 3.10. The van der Waals surface area contributed by atoms with E-state index < -0.39 is 57.6 Å². The molecule has 1 amide bonds. The summed E-state index contributed by atoms with van der Waals surface area (Å²) < 4.78 is 26.7. The van der Waals surface area contributed by atoms with E-state index in [1.807, 2.05) is 0 Å². The Morgan fingerprint density at radius 1 is 0.549 bits per heavy atom. The zero-order valence-corrected chi connectivity index (χ0v) is 33.3. The monoisotopic (exact) mass is 750 g/mol. The molecule has 302 valence electrons. The molecule has 12 heteroatoms. The SMILES string of the molecule is CCCCCCCCCCCCCCCCCCCC(=O)NC(COP(=O)(O)OCC(O)COC(=O)CCCCCCCCCCCC)C(=O)O. The molecule has 0 aromatic rings. The van der Waals surface area contributed by atoms with Crippen molar-refractivity contribution in [2.75, 3.05) is 19.8 Å². The van der Waals surface area contributed by atoms with Gasteiger partial charge in [-0.2, -0.15) is 0 Å². The minimum Gasteiger partial charge on any atom is -0.480 e. The molecule has 0 aliphatic rings. The lowest BCUT2D eigenvalue weighted by Crippen LogP contribution is -2.43. The van der Waals surface area contributed by atoms with E-state index >= 15 is 0 Å². The highest BCUT2D eigenvalue weighted by Gasteiger charge is 2.28. The van der Waals surface area contributed by atoms with Crippen LogP contribution in [0.3, 0.4) is 0 Å². The number of rotatable bonds is 39. The van der Waals surface area contributed by atoms with Gasteiger partial charge in [-0.25, -0.2) is 9.36 Å². The number of phosphoric acid groups is 1. The first-order valence-corrected chi connectivity index (χ1v) is 22.1. The van der Waals surface area contributed by atoms with Crippen LogP contribution in [0.1, 0.15) is 200 Å². The minimum absolute atomic E-state index is 0.153. The van der Waals surface area contributed by atoms with Gasteiger partial charge >= 0.3 is 19.8 Å². The summed E-state index contributed by atoms with van der Waals surface area (Å²) in [6.45, 7) is 2.59. The molecule has 0 fully saturated rings. The molecular weight excluding hydrogens is 673 g/mol. The van der Waals surface area contributed by atoms with Gasteiger partial charge in [0.1, 0.15) is 12.7 Å². The molecule has 0 radical (unpaired) electrons. The molecule has 0 bridgehead atoms. The first-order valence-electron chi connectivity index (χ1n) is 20.6. The summed E-state index contributed by atoms with van der Waals surface area (Å²) in [5, 5.41) is 21.8. The first-order chi connectivity index (χ1) is 24.6. The summed E-state index contributed by atoms with van der Waals surface area (Å²) in [7, 11) is -4.74. The topological polar surface area (TPSA) is 169 Å². The Bertz CT molecular complexity index is 890. The third-order valence-corrected chi connectivity index (χ3v) is 10.1. The van der Waals surface area contributed by atoms with Crippen LogP contribution in [-0.4, -0.2) is 64.9 Å². The molecule has 0 aromatic carbocycles. The number of nitrogens with one attached hydrogen (secondary N) is 1. The van der Waals surface area contributed by atoms with E-state index in [-0.39, 0.29) is 12.8 Å². The molecule has 51 heavy (non-hydrogen) atoms. The molecule has 0 aliphatic carbocycles. The van der Waals surface area contributed by atoms with Gasteiger partial charge in [0.25, 0.3) is 0 Å². The molecule has 11 nitrogen and oxygen atoms in total. The quantitative estimate of drug-likeness (QED) is 0.0270. The van der Waals surface area contributed by atoms with Crippen LogP contribution in [0.4, 0.5) is 0 Å². The zero-order chi connectivity index (χ0) is 37.8. The van der Waals surface area contributed by atoms with Crippen LogP contribution in [0.5, 0.6) is 0 Å². The smallest absolute Gasteiger partial charge is 0.472 e. The highest BCUT2D eigenvalue weighted by atomic mass is 31.2. The number of carboxylic acids is 1. The Kier molecular flexibility index (Phi) is 34.4. The Labute approximate surface area is 310 Å². The van der Waals surface area contributed by atoms with Crippen molar-refractivity contribution in [3.63, 3.8) is 0 Å². The average molecular weight is 750 g/mol. The number of unbranched alkanes of at least 4 members (excludes halogenated alkanes) is 25. The van der Waals surface area contributed by atoms with Crippen molar-refractivity contribution in [2.45, 2.75) is 212 Å². The molecule has 3 unspecified atom stereocenters. The predicted molar refractivity (Wildman–Crippen MR) is 204 cm³/mol. The maximum absolute atomic E-state index is 12.3. The van der Waals surface area contributed by atoms with Gasteiger partial charge < -0.3 is 25.2 Å². The number of aliphatic hydroxyl groups is 1. The number of ether oxygens (including phenoxy) is 1. The van der Waals surface area contributed by atoms with Crippen molar-refractivity contribution >= 4 is 25.7 Å². The van der Waals surface area contributed by atoms with Crippen LogP contribution >= 0.6 is 7.82 Å². The third kappa shape index (κ3) is 35.3. The third-order valence-electron chi connectivity index (χ3n) is 9.15. The highest BCUT2D eigenvalue weighted by molar-refractivity contribution is 7.47. The number of aliphatic carboxylic acids is 1. The zero-order valence-electron chi connectivity index (χ0n) is 32.4. The molecule has 0 saturated heterocycles. The number of hydrogen-bond donors (Lipinski definition) is 4. The number of esters is 1. The summed E-state index contributed by atoms with van der Waals surface area (Å²) in [6, 6.07) is -1.54. The van der Waals surface area contributed by atoms with Crippen LogP contribution in [0.15, 0.2) is 0 Å². The van der Waals surface area contributed by atoms with Crippen molar-refractivity contribution in [2.24, 2.45) is 0 Å². The molecule has 0 rings (SSSR count). The van der Waals surface area contributed by atoms with Crippen molar-refractivity contribution in [3.8, 4) is 0 Å². The number of phosphoric ester groups is 1. The standard InChI is InChI=1S/C39H76NO10P/c1-3-5-7-9-11-13-15-16-17-18-19-20-21-22-24-26-28-30-37(42)40-36(39(44)45)34-50-51(46,47)49-33-35(41)32-48-38(43)31-29-27-25-23-14-12-10-8-6-4-2/h35-36,41H,3-34H2,1-2H3,(H,40,42)(H,44,45)(H,46,47). The Morgan fingerprint density at radius 2 is 0.902 bits per heavy atom. The lowest BCUT2D eigenvalue weighted by molar-refractivity contribution is -0.147. The largest absolute Gasteiger partial charge is 0.480 e. The summed E-state index contributed by atoms with van der Waals surface area (Å²) >= 11 is 0. The predicted octanol–water partition coefficient (Wildman–Crippen LogP) is 9.95. The summed E-state index contributed by atoms with van der Waals surface area (Å²) in [5.74, 6) is -2.36. The minimum atomic E-state index is -4.74. The number of carbonyl (C=O) groups excluding carboxylic acids is 2. The van der Waals surface area contributed by atoms with Gasteiger partial charge in [0, 0.05) is 12.8 Å². The molecule has 4 N–H and O–H groups in total. The van der Waals surface area contributed by atoms with Crippen molar-refractivity contribution in [1.82, 2.24) is 5.32 Å². The lowest BCUT2D eigenvalue weighted by Gasteiger charge is -2.18. The van der Waals surface area contributed by atoms with Gasteiger partial charge in [-0.1, -0.05) is 174 Å². The molecule has 0 heterocycles. The summed E-state index contributed by atoms with van der Waals surface area (Å²) in [4.78, 5) is 45.7. The van der Waals surface area contributed by atoms with E-state index in [0.717, 1.165) is 38.5 Å². The Morgan fingerprint density at radius 3 is 1.29 bits per heavy atom. The van der Waals surface area contributed by atoms with E-state index in [2.05, 4.69) is 19.2 Å². The molecule has 0 aromatic heterocycles. The maximum atomic E-state index is 12.3. The molecular formula is C39H76NO10P. The van der Waals surface area contributed by atoms with E-state index in [0.29, 0.717) is 12.8 Å². The van der Waals surface area contributed by atoms with Crippen LogP contribution in [0, 0.1) is 0 Å². The van der Waals surface area contributed by atoms with Crippen LogP contribution in [-0.2, 0) is 32.7 Å². The molecule has 3 atom stereocenters. The van der Waals surface area contributed by atoms with Crippen LogP contribution < -0.4 is 5.32 Å². The van der Waals surface area contributed by atoms with Gasteiger partial charge in [-0.15, -0.1) is 0 Å². The van der Waals surface area contributed by atoms with Crippen molar-refractivity contribution in [1.29, 1.82) is 0 Å². The van der Waals surface area contributed by atoms with E-state index in [9.17, 15) is 34.1 Å². The number of aliphatic hydroxyl groups excluding tert-OH is 1. The van der Waals surface area contributed by atoms with Gasteiger partial charge in [-0.3, -0.25) is 18.6 Å². The van der Waals surface area contributed by atoms with Gasteiger partial charge in [0.15, 0.2) is 6.04 Å². The fraction of sp³-hybridized carbons (Fsp3) is 0.923. The van der Waals surface area contributed by atoms with Gasteiger partial charge in [0.05, 0.1) is 13.2 Å². The van der Waals surface area contributed by atoms with Crippen LogP contribution in [0.25, 0.3) is 0 Å². The van der Waals surface area contributed by atoms with E-state index in [1.165, 1.54) is 122 Å². The number of hydrogen-bond acceptors (Lipinski definition) is 8. The second kappa shape index (κ2) is 35.5. The lowest BCUT2D eigenvalue weighted by atomic mass is 10.0. The molecule has 0 spiro atoms. The van der Waals surface area contributed by atoms with Crippen LogP contribution in [0.2, 0.25) is 0 Å². The molecule has 0 aliphatic heterocycles. The number of carboxylic acid groups (broad SMARTS) is 1. The van der Waals surface area contributed by atoms with Gasteiger partial charge in [-0.05, 0) is 12.8 Å². The van der Waals surface area contributed by atoms with Crippen molar-refractivity contribution < 1.29 is 47.8 Å². The van der Waals surface area contributed by atoms with Gasteiger partial charge in [0.2, 0.25) is 5.91 Å². The number of carbonyl (C=O) groups is 3. The fourth-order valence-electron chi connectivity index (χ4n) is 5.90. The normalized spacial score (nSPS) is 13.8. The Balaban J connectivity index is 3.90. The summed E-state index contributed by atoms with van der Waals surface area (Å²) in [6.07, 6.45) is 31.3. The number of amides is 1.